The molecule has 0 aliphatic rings. The van der Waals surface area contributed by atoms with Gasteiger partial charge in [-0.25, -0.2) is 4.39 Å². The molecule has 0 aliphatic carbocycles. The van der Waals surface area contributed by atoms with Crippen LogP contribution in [0.2, 0.25) is 0 Å². The van der Waals surface area contributed by atoms with Gasteiger partial charge in [-0.3, -0.25) is 0 Å². The van der Waals surface area contributed by atoms with Crippen molar-refractivity contribution in [2.45, 2.75) is 18.4 Å². The second kappa shape index (κ2) is 4.97. The number of halogens is 7. The first-order valence-corrected chi connectivity index (χ1v) is 4.92. The number of rotatable bonds is 2. The summed E-state index contributed by atoms with van der Waals surface area (Å²) in [6.45, 7) is -0.536. The molecule has 0 saturated carbocycles. The van der Waals surface area contributed by atoms with Gasteiger partial charge < -0.3 is 11.5 Å². The van der Waals surface area contributed by atoms with Crippen molar-refractivity contribution in [3.8, 4) is 0 Å². The highest BCUT2D eigenvalue weighted by Gasteiger charge is 2.40. The average molecular weight is 290 g/mol. The quantitative estimate of drug-likeness (QED) is 0.823. The number of benzene rings is 1. The minimum Gasteiger partial charge on any atom is -0.329 e. The largest absolute Gasteiger partial charge is 0.416 e. The summed E-state index contributed by atoms with van der Waals surface area (Å²) in [7, 11) is 0. The molecular formula is C10H9F7N2. The van der Waals surface area contributed by atoms with Crippen molar-refractivity contribution in [2.24, 2.45) is 11.5 Å². The molecule has 1 aromatic carbocycles. The van der Waals surface area contributed by atoms with Gasteiger partial charge in [0.1, 0.15) is 5.82 Å². The zero-order valence-electron chi connectivity index (χ0n) is 9.24. The van der Waals surface area contributed by atoms with Crippen LogP contribution in [0.3, 0.4) is 0 Å². The summed E-state index contributed by atoms with van der Waals surface area (Å²) in [5.74, 6) is -1.68. The van der Waals surface area contributed by atoms with Crippen molar-refractivity contribution in [3.05, 3.63) is 34.6 Å². The summed E-state index contributed by atoms with van der Waals surface area (Å²) < 4.78 is 88.5. The predicted molar refractivity (Wildman–Crippen MR) is 52.4 cm³/mol. The summed E-state index contributed by atoms with van der Waals surface area (Å²) in [6, 6.07) is -1.74. The third kappa shape index (κ3) is 3.35. The summed E-state index contributed by atoms with van der Waals surface area (Å²) in [5, 5.41) is 0. The zero-order chi connectivity index (χ0) is 15.0. The van der Waals surface area contributed by atoms with E-state index >= 15 is 0 Å². The Morgan fingerprint density at radius 2 is 1.53 bits per heavy atom. The highest BCUT2D eigenvalue weighted by Crippen LogP contribution is 2.39. The van der Waals surface area contributed by atoms with E-state index in [-0.39, 0.29) is 12.1 Å². The fraction of sp³-hybridized carbons (Fsp3) is 0.400. The van der Waals surface area contributed by atoms with Crippen LogP contribution in [-0.2, 0) is 12.4 Å². The molecule has 19 heavy (non-hydrogen) atoms. The molecule has 0 amide bonds. The van der Waals surface area contributed by atoms with Gasteiger partial charge in [0, 0.05) is 18.2 Å². The Morgan fingerprint density at radius 1 is 1.00 bits per heavy atom. The van der Waals surface area contributed by atoms with Crippen molar-refractivity contribution in [1.29, 1.82) is 0 Å². The first-order chi connectivity index (χ1) is 8.48. The highest BCUT2D eigenvalue weighted by molar-refractivity contribution is 5.38. The van der Waals surface area contributed by atoms with Crippen LogP contribution in [0.15, 0.2) is 12.1 Å². The molecule has 9 heteroatoms. The number of hydrogen-bond donors (Lipinski definition) is 2. The molecule has 4 N–H and O–H groups in total. The molecule has 1 rings (SSSR count). The minimum absolute atomic E-state index is 0.0277. The first-order valence-electron chi connectivity index (χ1n) is 4.92. The van der Waals surface area contributed by atoms with Gasteiger partial charge in [-0.15, -0.1) is 0 Å². The third-order valence-electron chi connectivity index (χ3n) is 2.39. The molecule has 1 aromatic rings. The summed E-state index contributed by atoms with van der Waals surface area (Å²) >= 11 is 0. The topological polar surface area (TPSA) is 52.0 Å². The number of hydrogen-bond acceptors (Lipinski definition) is 2. The number of alkyl halides is 6. The van der Waals surface area contributed by atoms with Gasteiger partial charge in [-0.1, -0.05) is 0 Å². The fourth-order valence-corrected chi connectivity index (χ4v) is 1.51. The molecule has 2 nitrogen and oxygen atoms in total. The van der Waals surface area contributed by atoms with Gasteiger partial charge >= 0.3 is 12.4 Å². The van der Waals surface area contributed by atoms with Crippen molar-refractivity contribution >= 4 is 0 Å². The van der Waals surface area contributed by atoms with Gasteiger partial charge in [-0.05, 0) is 12.1 Å². The Balaban J connectivity index is 3.58. The van der Waals surface area contributed by atoms with Gasteiger partial charge in [0.05, 0.1) is 11.1 Å². The molecule has 0 radical (unpaired) electrons. The van der Waals surface area contributed by atoms with Crippen LogP contribution in [-0.4, -0.2) is 6.54 Å². The predicted octanol–water partition coefficient (Wildman–Crippen LogP) is 2.82. The van der Waals surface area contributed by atoms with E-state index in [1.807, 2.05) is 0 Å². The lowest BCUT2D eigenvalue weighted by atomic mass is 9.97. The maximum atomic E-state index is 13.5. The normalized spacial score (nSPS) is 14.6. The Bertz CT molecular complexity index is 464. The Morgan fingerprint density at radius 3 is 1.89 bits per heavy atom. The summed E-state index contributed by atoms with van der Waals surface area (Å²) in [4.78, 5) is 0. The maximum absolute atomic E-state index is 13.5. The zero-order valence-corrected chi connectivity index (χ0v) is 9.24. The monoisotopic (exact) mass is 290 g/mol. The van der Waals surface area contributed by atoms with E-state index < -0.39 is 47.4 Å². The molecule has 0 fully saturated rings. The van der Waals surface area contributed by atoms with Gasteiger partial charge in [0.2, 0.25) is 0 Å². The molecule has 108 valence electrons. The molecule has 0 spiro atoms. The van der Waals surface area contributed by atoms with E-state index in [4.69, 9.17) is 11.5 Å². The molecule has 0 bridgehead atoms. The molecule has 0 heterocycles. The number of nitrogens with two attached hydrogens (primary N) is 2. The second-order valence-corrected chi connectivity index (χ2v) is 3.76. The lowest BCUT2D eigenvalue weighted by molar-refractivity contribution is -0.144. The average Bonchev–Trinajstić information content (AvgIpc) is 2.24. The van der Waals surface area contributed by atoms with E-state index in [0.717, 1.165) is 0 Å². The molecular weight excluding hydrogens is 281 g/mol. The van der Waals surface area contributed by atoms with Crippen LogP contribution >= 0.6 is 0 Å². The van der Waals surface area contributed by atoms with Crippen LogP contribution < -0.4 is 11.5 Å². The van der Waals surface area contributed by atoms with Crippen LogP contribution in [0.25, 0.3) is 0 Å². The van der Waals surface area contributed by atoms with Crippen LogP contribution in [0.1, 0.15) is 22.7 Å². The van der Waals surface area contributed by atoms with E-state index in [0.29, 0.717) is 0 Å². The van der Waals surface area contributed by atoms with E-state index in [2.05, 4.69) is 0 Å². The van der Waals surface area contributed by atoms with E-state index in [1.54, 1.807) is 0 Å². The van der Waals surface area contributed by atoms with Crippen molar-refractivity contribution < 1.29 is 30.7 Å². The van der Waals surface area contributed by atoms with Crippen molar-refractivity contribution in [3.63, 3.8) is 0 Å². The fourth-order valence-electron chi connectivity index (χ4n) is 1.51. The minimum atomic E-state index is -5.16. The molecule has 1 atom stereocenters. The van der Waals surface area contributed by atoms with E-state index in [9.17, 15) is 30.7 Å². The third-order valence-corrected chi connectivity index (χ3v) is 2.39. The molecule has 0 saturated heterocycles. The lowest BCUT2D eigenvalue weighted by Crippen LogP contribution is -2.26. The Hall–Kier alpha value is -1.35. The smallest absolute Gasteiger partial charge is 0.329 e. The molecule has 0 aromatic heterocycles. The standard InChI is InChI=1S/C10H9F7N2/c11-6-2-4(9(12,13)14)1-5(10(15,16)17)8(6)7(19)3-18/h1-2,7H,3,18-19H2/t7-/m0/s1. The lowest BCUT2D eigenvalue weighted by Gasteiger charge is -2.20. The van der Waals surface area contributed by atoms with Gasteiger partial charge in [0.15, 0.2) is 0 Å². The van der Waals surface area contributed by atoms with Crippen molar-refractivity contribution in [2.75, 3.05) is 6.54 Å². The SMILES string of the molecule is NC[C@H](N)c1c(F)cc(C(F)(F)F)cc1C(F)(F)F. The highest BCUT2D eigenvalue weighted by atomic mass is 19.4. The second-order valence-electron chi connectivity index (χ2n) is 3.76. The Labute approximate surface area is 103 Å². The molecule has 0 unspecified atom stereocenters. The Kier molecular flexibility index (Phi) is 4.11. The van der Waals surface area contributed by atoms with Crippen LogP contribution in [0.4, 0.5) is 30.7 Å². The summed E-state index contributed by atoms with van der Waals surface area (Å²) in [6.07, 6.45) is -10.3. The summed E-state index contributed by atoms with van der Waals surface area (Å²) in [5.41, 5.74) is 5.67. The van der Waals surface area contributed by atoms with Crippen LogP contribution in [0.5, 0.6) is 0 Å². The maximum Gasteiger partial charge on any atom is 0.416 e. The first kappa shape index (κ1) is 15.7. The van der Waals surface area contributed by atoms with Gasteiger partial charge in [-0.2, -0.15) is 26.3 Å². The van der Waals surface area contributed by atoms with E-state index in [1.165, 1.54) is 0 Å². The van der Waals surface area contributed by atoms with Gasteiger partial charge in [0.25, 0.3) is 0 Å². The van der Waals surface area contributed by atoms with Crippen LogP contribution in [0, 0.1) is 5.82 Å². The van der Waals surface area contributed by atoms with Crippen molar-refractivity contribution in [1.82, 2.24) is 0 Å². The molecule has 0 aliphatic heterocycles.